The molecule has 2 heterocycles. The molecule has 0 saturated carbocycles. The fourth-order valence-corrected chi connectivity index (χ4v) is 5.80. The van der Waals surface area contributed by atoms with Crippen molar-refractivity contribution in [3.05, 3.63) is 47.5 Å². The van der Waals surface area contributed by atoms with Crippen molar-refractivity contribution in [2.75, 3.05) is 32.1 Å². The number of nitrogens with one attached hydrogen (secondary N) is 2. The van der Waals surface area contributed by atoms with Gasteiger partial charge in [-0.15, -0.1) is 0 Å². The number of carbonyl (C=O) groups is 2. The Balaban J connectivity index is 1.38. The van der Waals surface area contributed by atoms with Crippen LogP contribution in [0.4, 0.5) is 5.69 Å². The van der Waals surface area contributed by atoms with Gasteiger partial charge in [-0.1, -0.05) is 12.1 Å². The van der Waals surface area contributed by atoms with Crippen LogP contribution in [-0.2, 0) is 26.2 Å². The number of fused-ring (bicyclic) bond motifs is 1. The van der Waals surface area contributed by atoms with Crippen molar-refractivity contribution in [1.29, 1.82) is 0 Å². The third kappa shape index (κ3) is 4.96. The van der Waals surface area contributed by atoms with Crippen LogP contribution in [0.3, 0.4) is 0 Å². The second-order valence-electron chi connectivity index (χ2n) is 8.20. The Hall–Kier alpha value is -3.11. The molecule has 2 N–H and O–H groups in total. The van der Waals surface area contributed by atoms with Gasteiger partial charge in [0.15, 0.2) is 6.61 Å². The van der Waals surface area contributed by atoms with E-state index in [9.17, 15) is 18.0 Å². The fourth-order valence-electron chi connectivity index (χ4n) is 4.11. The highest BCUT2D eigenvalue weighted by Gasteiger charge is 2.34. The molecule has 2 aliphatic heterocycles. The maximum atomic E-state index is 13.3. The Morgan fingerprint density at radius 2 is 2.00 bits per heavy atom. The first-order valence-electron chi connectivity index (χ1n) is 10.8. The van der Waals surface area contributed by atoms with E-state index in [-0.39, 0.29) is 42.3 Å². The third-order valence-electron chi connectivity index (χ3n) is 5.95. The molecular weight excluding hydrogens is 446 g/mol. The van der Waals surface area contributed by atoms with Gasteiger partial charge >= 0.3 is 0 Å². The summed E-state index contributed by atoms with van der Waals surface area (Å²) in [6, 6.07) is 10.6. The fraction of sp³-hybridized carbons (Fsp3) is 0.391. The Kier molecular flexibility index (Phi) is 6.57. The van der Waals surface area contributed by atoms with Crippen LogP contribution < -0.4 is 20.1 Å². The number of rotatable bonds is 6. The zero-order valence-corrected chi connectivity index (χ0v) is 19.4. The van der Waals surface area contributed by atoms with E-state index in [0.29, 0.717) is 36.4 Å². The summed E-state index contributed by atoms with van der Waals surface area (Å²) in [7, 11) is -2.16. The second-order valence-corrected chi connectivity index (χ2v) is 10.1. The van der Waals surface area contributed by atoms with Crippen molar-refractivity contribution >= 4 is 27.5 Å². The van der Waals surface area contributed by atoms with E-state index in [2.05, 4.69) is 10.6 Å². The molecule has 4 rings (SSSR count). The molecule has 2 amide bonds. The minimum absolute atomic E-state index is 0.0797. The van der Waals surface area contributed by atoms with Gasteiger partial charge in [-0.3, -0.25) is 9.59 Å². The monoisotopic (exact) mass is 473 g/mol. The van der Waals surface area contributed by atoms with Crippen LogP contribution in [-0.4, -0.2) is 51.3 Å². The summed E-state index contributed by atoms with van der Waals surface area (Å²) in [5.74, 6) is 0.467. The van der Waals surface area contributed by atoms with Gasteiger partial charge in [-0.05, 0) is 49.1 Å². The number of methoxy groups -OCH3 is 1. The summed E-state index contributed by atoms with van der Waals surface area (Å²) in [6.07, 6.45) is 0.888. The Bertz CT molecular complexity index is 1170. The van der Waals surface area contributed by atoms with Gasteiger partial charge in [-0.2, -0.15) is 4.31 Å². The minimum atomic E-state index is -3.76. The molecule has 2 aromatic rings. The van der Waals surface area contributed by atoms with Crippen molar-refractivity contribution < 1.29 is 27.5 Å². The lowest BCUT2D eigenvalue weighted by molar-refractivity contribution is -0.126. The quantitative estimate of drug-likeness (QED) is 0.664. The number of amides is 2. The highest BCUT2D eigenvalue weighted by molar-refractivity contribution is 7.89. The minimum Gasteiger partial charge on any atom is -0.497 e. The van der Waals surface area contributed by atoms with Crippen molar-refractivity contribution in [2.24, 2.45) is 5.92 Å². The van der Waals surface area contributed by atoms with E-state index in [4.69, 9.17) is 9.47 Å². The Morgan fingerprint density at radius 3 is 2.73 bits per heavy atom. The van der Waals surface area contributed by atoms with Gasteiger partial charge in [0.05, 0.1) is 17.7 Å². The molecule has 2 aromatic carbocycles. The van der Waals surface area contributed by atoms with Crippen molar-refractivity contribution in [2.45, 2.75) is 31.2 Å². The van der Waals surface area contributed by atoms with Crippen LogP contribution in [0.1, 0.15) is 24.0 Å². The number of carbonyl (C=O) groups excluding carboxylic acids is 2. The molecule has 176 valence electrons. The first-order chi connectivity index (χ1) is 15.8. The van der Waals surface area contributed by atoms with Crippen LogP contribution in [0.15, 0.2) is 41.3 Å². The SMILES string of the molecule is COc1cccc(CNC(=O)C2CCN(S(=O)(=O)c3cc4c(cc3C)NC(=O)CO4)CC2)c1. The number of ether oxygens (including phenoxy) is 2. The highest BCUT2D eigenvalue weighted by Crippen LogP contribution is 2.35. The average molecular weight is 474 g/mol. The normalized spacial score (nSPS) is 17.0. The number of hydrogen-bond acceptors (Lipinski definition) is 6. The van der Waals surface area contributed by atoms with E-state index >= 15 is 0 Å². The molecule has 0 aromatic heterocycles. The molecule has 0 radical (unpaired) electrons. The van der Waals surface area contributed by atoms with Gasteiger partial charge in [-0.25, -0.2) is 8.42 Å². The maximum absolute atomic E-state index is 13.3. The van der Waals surface area contributed by atoms with Gasteiger partial charge < -0.3 is 20.1 Å². The first kappa shape index (κ1) is 23.1. The molecule has 0 unspecified atom stereocenters. The van der Waals surface area contributed by atoms with Gasteiger partial charge in [0.1, 0.15) is 11.5 Å². The average Bonchev–Trinajstić information content (AvgIpc) is 2.82. The summed E-state index contributed by atoms with van der Waals surface area (Å²) in [6.45, 7) is 2.44. The van der Waals surface area contributed by atoms with E-state index in [0.717, 1.165) is 11.3 Å². The van der Waals surface area contributed by atoms with E-state index < -0.39 is 10.0 Å². The lowest BCUT2D eigenvalue weighted by Crippen LogP contribution is -2.43. The standard InChI is InChI=1S/C23H27N3O6S/c1-15-10-19-20(32-14-22(27)25-19)12-21(15)33(29,30)26-8-6-17(7-9-26)23(28)24-13-16-4-3-5-18(11-16)31-2/h3-5,10-12,17H,6-9,13-14H2,1-2H3,(H,24,28)(H,25,27). The van der Waals surface area contributed by atoms with Gasteiger partial charge in [0.25, 0.3) is 5.91 Å². The van der Waals surface area contributed by atoms with Crippen molar-refractivity contribution in [3.8, 4) is 11.5 Å². The van der Waals surface area contributed by atoms with Crippen LogP contribution >= 0.6 is 0 Å². The molecule has 2 aliphatic rings. The zero-order chi connectivity index (χ0) is 23.6. The topological polar surface area (TPSA) is 114 Å². The molecular formula is C23H27N3O6S. The predicted octanol–water partition coefficient (Wildman–Crippen LogP) is 2.05. The van der Waals surface area contributed by atoms with Gasteiger partial charge in [0.2, 0.25) is 15.9 Å². The number of piperidine rings is 1. The maximum Gasteiger partial charge on any atom is 0.262 e. The molecule has 10 heteroatoms. The molecule has 0 bridgehead atoms. The number of nitrogens with zero attached hydrogens (tertiary/aromatic N) is 1. The zero-order valence-electron chi connectivity index (χ0n) is 18.6. The summed E-state index contributed by atoms with van der Waals surface area (Å²) < 4.78 is 38.5. The summed E-state index contributed by atoms with van der Waals surface area (Å²) >= 11 is 0. The number of hydrogen-bond donors (Lipinski definition) is 2. The first-order valence-corrected chi connectivity index (χ1v) is 12.2. The lowest BCUT2D eigenvalue weighted by atomic mass is 9.97. The number of sulfonamides is 1. The third-order valence-corrected chi connectivity index (χ3v) is 7.99. The molecule has 1 saturated heterocycles. The predicted molar refractivity (Wildman–Crippen MR) is 122 cm³/mol. The van der Waals surface area contributed by atoms with E-state index in [1.54, 1.807) is 20.1 Å². The molecule has 0 spiro atoms. The van der Waals surface area contributed by atoms with Crippen LogP contribution in [0.5, 0.6) is 11.5 Å². The smallest absolute Gasteiger partial charge is 0.262 e. The summed E-state index contributed by atoms with van der Waals surface area (Å²) in [4.78, 5) is 24.3. The van der Waals surface area contributed by atoms with Gasteiger partial charge in [0, 0.05) is 31.6 Å². The molecule has 33 heavy (non-hydrogen) atoms. The molecule has 0 aliphatic carbocycles. The summed E-state index contributed by atoms with van der Waals surface area (Å²) in [5.41, 5.74) is 1.93. The number of aryl methyl sites for hydroxylation is 1. The number of benzene rings is 2. The molecule has 1 fully saturated rings. The Labute approximate surface area is 193 Å². The molecule has 0 atom stereocenters. The van der Waals surface area contributed by atoms with E-state index in [1.165, 1.54) is 10.4 Å². The highest BCUT2D eigenvalue weighted by atomic mass is 32.2. The Morgan fingerprint density at radius 1 is 1.24 bits per heavy atom. The lowest BCUT2D eigenvalue weighted by Gasteiger charge is -2.31. The van der Waals surface area contributed by atoms with Crippen LogP contribution in [0, 0.1) is 12.8 Å². The largest absolute Gasteiger partial charge is 0.497 e. The van der Waals surface area contributed by atoms with Crippen LogP contribution in [0.25, 0.3) is 0 Å². The second kappa shape index (κ2) is 9.40. The van der Waals surface area contributed by atoms with Crippen LogP contribution in [0.2, 0.25) is 0 Å². The summed E-state index contributed by atoms with van der Waals surface area (Å²) in [5, 5.41) is 5.62. The number of anilines is 1. The van der Waals surface area contributed by atoms with Crippen molar-refractivity contribution in [3.63, 3.8) is 0 Å². The van der Waals surface area contributed by atoms with Crippen molar-refractivity contribution in [1.82, 2.24) is 9.62 Å². The molecule has 9 nitrogen and oxygen atoms in total. The van der Waals surface area contributed by atoms with E-state index in [1.807, 2.05) is 24.3 Å².